The first kappa shape index (κ1) is 24.8. The maximum absolute atomic E-state index is 13.8. The summed E-state index contributed by atoms with van der Waals surface area (Å²) in [4.78, 5) is 22.7. The Labute approximate surface area is 240 Å². The fourth-order valence-corrected chi connectivity index (χ4v) is 6.09. The van der Waals surface area contributed by atoms with Gasteiger partial charge in [-0.2, -0.15) is 0 Å². The van der Waals surface area contributed by atoms with Gasteiger partial charge in [-0.3, -0.25) is 14.8 Å². The molecular formula is C33H24N2O7. The van der Waals surface area contributed by atoms with Crippen molar-refractivity contribution in [1.82, 2.24) is 9.97 Å². The molecule has 4 aliphatic rings. The van der Waals surface area contributed by atoms with E-state index in [1.165, 1.54) is 12.4 Å². The molecule has 0 saturated heterocycles. The first-order valence-electron chi connectivity index (χ1n) is 13.6. The minimum absolute atomic E-state index is 0.123. The van der Waals surface area contributed by atoms with Crippen LogP contribution in [-0.4, -0.2) is 39.6 Å². The molecule has 0 radical (unpaired) electrons. The number of rotatable bonds is 4. The second-order valence-electron chi connectivity index (χ2n) is 10.7. The smallest absolute Gasteiger partial charge is 0.231 e. The van der Waals surface area contributed by atoms with E-state index < -0.39 is 11.2 Å². The molecule has 4 heterocycles. The molecule has 9 nitrogen and oxygen atoms in total. The van der Waals surface area contributed by atoms with Gasteiger partial charge in [0.25, 0.3) is 0 Å². The van der Waals surface area contributed by atoms with Crippen LogP contribution >= 0.6 is 0 Å². The van der Waals surface area contributed by atoms with Crippen molar-refractivity contribution in [3.05, 3.63) is 118 Å². The molecule has 9 heteroatoms. The van der Waals surface area contributed by atoms with E-state index in [4.69, 9.17) is 18.9 Å². The van der Waals surface area contributed by atoms with E-state index in [0.29, 0.717) is 56.6 Å². The number of aromatic nitrogens is 2. The molecule has 0 spiro atoms. The summed E-state index contributed by atoms with van der Waals surface area (Å²) in [5.74, 6) is 2.07. The van der Waals surface area contributed by atoms with E-state index in [1.54, 1.807) is 36.4 Å². The topological polar surface area (TPSA) is 120 Å². The van der Waals surface area contributed by atoms with Gasteiger partial charge in [0.2, 0.25) is 13.6 Å². The minimum Gasteiger partial charge on any atom is -0.454 e. The van der Waals surface area contributed by atoms with Crippen LogP contribution in [0.5, 0.6) is 23.0 Å². The number of nitrogens with zero attached hydrogens (tertiary/aromatic N) is 2. The highest BCUT2D eigenvalue weighted by atomic mass is 16.7. The summed E-state index contributed by atoms with van der Waals surface area (Å²) in [7, 11) is 0. The Balaban J connectivity index is 1.15. The molecular weight excluding hydrogens is 536 g/mol. The highest BCUT2D eigenvalue weighted by Gasteiger charge is 2.39. The number of hydrogen-bond donors (Lipinski definition) is 2. The summed E-state index contributed by atoms with van der Waals surface area (Å²) in [6, 6.07) is 13.7. The van der Waals surface area contributed by atoms with Crippen LogP contribution < -0.4 is 18.9 Å². The van der Waals surface area contributed by atoms with Crippen molar-refractivity contribution in [3.63, 3.8) is 0 Å². The molecule has 0 saturated carbocycles. The van der Waals surface area contributed by atoms with Gasteiger partial charge in [0.1, 0.15) is 11.2 Å². The number of carbonyl (C=O) groups is 1. The van der Waals surface area contributed by atoms with Crippen molar-refractivity contribution in [3.8, 4) is 23.0 Å². The van der Waals surface area contributed by atoms with Gasteiger partial charge in [0.15, 0.2) is 28.8 Å². The molecule has 2 aliphatic heterocycles. The summed E-state index contributed by atoms with van der Waals surface area (Å²) < 4.78 is 22.1. The lowest BCUT2D eigenvalue weighted by molar-refractivity contribution is 0.0775. The number of hydrogen-bond acceptors (Lipinski definition) is 9. The predicted octanol–water partition coefficient (Wildman–Crippen LogP) is 4.47. The third-order valence-electron chi connectivity index (χ3n) is 8.29. The SMILES string of the molecule is O=C(c1ccnc(C2(O)CC=Cc3cc4c(cc32)OCO4)c1)c1ccnc(C2(O)CC=Cc3cc4c(cc32)OCO4)c1. The van der Waals surface area contributed by atoms with Gasteiger partial charge < -0.3 is 29.2 Å². The lowest BCUT2D eigenvalue weighted by Gasteiger charge is -2.32. The molecule has 2 aromatic carbocycles. The van der Waals surface area contributed by atoms with E-state index in [-0.39, 0.29) is 32.2 Å². The third kappa shape index (κ3) is 3.67. The number of benzene rings is 2. The first-order chi connectivity index (χ1) is 20.4. The summed E-state index contributed by atoms with van der Waals surface area (Å²) in [6.45, 7) is 0.246. The molecule has 0 fully saturated rings. The van der Waals surface area contributed by atoms with Gasteiger partial charge in [0.05, 0.1) is 11.4 Å². The first-order valence-corrected chi connectivity index (χ1v) is 13.6. The average Bonchev–Trinajstić information content (AvgIpc) is 3.68. The molecule has 4 aromatic rings. The Bertz CT molecular complexity index is 1730. The number of ketones is 1. The van der Waals surface area contributed by atoms with Crippen LogP contribution in [0.4, 0.5) is 0 Å². The molecule has 0 bridgehead atoms. The van der Waals surface area contributed by atoms with Crippen molar-refractivity contribution in [1.29, 1.82) is 0 Å². The van der Waals surface area contributed by atoms with E-state index in [2.05, 4.69) is 9.97 Å². The van der Waals surface area contributed by atoms with Gasteiger partial charge >= 0.3 is 0 Å². The van der Waals surface area contributed by atoms with Crippen LogP contribution in [0.15, 0.2) is 73.1 Å². The molecule has 0 amide bonds. The Morgan fingerprint density at radius 3 is 1.52 bits per heavy atom. The Morgan fingerprint density at radius 2 is 1.07 bits per heavy atom. The standard InChI is InChI=1S/C33H24N2O7/c36-31(21-5-9-34-29(13-21)32(37)7-1-3-19-11-25-27(15-23(19)32)41-17-39-25)22-6-10-35-30(14-22)33(38)8-2-4-20-12-26-28(16-24(20)33)42-18-40-26/h1-6,9-16,37-38H,7-8,17-18H2. The molecule has 2 unspecified atom stereocenters. The Kier molecular flexibility index (Phi) is 5.31. The molecule has 208 valence electrons. The van der Waals surface area contributed by atoms with E-state index in [0.717, 1.165) is 11.1 Å². The van der Waals surface area contributed by atoms with Gasteiger partial charge in [0, 0.05) is 47.5 Å². The summed E-state index contributed by atoms with van der Waals surface area (Å²) in [5, 5.41) is 23.8. The number of pyridine rings is 2. The minimum atomic E-state index is -1.47. The van der Waals surface area contributed by atoms with Crippen molar-refractivity contribution in [2.24, 2.45) is 0 Å². The normalized spacial score (nSPS) is 22.5. The Morgan fingerprint density at radius 1 is 0.643 bits per heavy atom. The monoisotopic (exact) mass is 560 g/mol. The van der Waals surface area contributed by atoms with Crippen molar-refractivity contribution < 1.29 is 34.0 Å². The maximum Gasteiger partial charge on any atom is 0.231 e. The van der Waals surface area contributed by atoms with E-state index in [9.17, 15) is 15.0 Å². The van der Waals surface area contributed by atoms with E-state index >= 15 is 0 Å². The van der Waals surface area contributed by atoms with Crippen LogP contribution in [0.1, 0.15) is 62.4 Å². The fraction of sp³-hybridized carbons (Fsp3) is 0.182. The second-order valence-corrected chi connectivity index (χ2v) is 10.7. The summed E-state index contributed by atoms with van der Waals surface area (Å²) >= 11 is 0. The lowest BCUT2D eigenvalue weighted by Crippen LogP contribution is -2.31. The number of fused-ring (bicyclic) bond motifs is 4. The average molecular weight is 561 g/mol. The van der Waals surface area contributed by atoms with E-state index in [1.807, 2.05) is 36.4 Å². The van der Waals surface area contributed by atoms with Crippen LogP contribution in [0, 0.1) is 0 Å². The zero-order valence-corrected chi connectivity index (χ0v) is 22.2. The van der Waals surface area contributed by atoms with Crippen molar-refractivity contribution in [2.45, 2.75) is 24.0 Å². The molecule has 2 atom stereocenters. The maximum atomic E-state index is 13.8. The van der Waals surface area contributed by atoms with Crippen molar-refractivity contribution in [2.75, 3.05) is 13.6 Å². The van der Waals surface area contributed by atoms with Crippen LogP contribution in [0.3, 0.4) is 0 Å². The fourth-order valence-electron chi connectivity index (χ4n) is 6.09. The quantitative estimate of drug-likeness (QED) is 0.348. The highest BCUT2D eigenvalue weighted by Crippen LogP contribution is 2.46. The summed E-state index contributed by atoms with van der Waals surface area (Å²) in [5.41, 5.74) is 1.29. The van der Waals surface area contributed by atoms with Crippen LogP contribution in [0.25, 0.3) is 12.2 Å². The molecule has 2 N–H and O–H groups in total. The zero-order valence-electron chi connectivity index (χ0n) is 22.2. The lowest BCUT2D eigenvalue weighted by atomic mass is 9.79. The molecule has 8 rings (SSSR count). The van der Waals surface area contributed by atoms with Crippen molar-refractivity contribution >= 4 is 17.9 Å². The molecule has 42 heavy (non-hydrogen) atoms. The summed E-state index contributed by atoms with van der Waals surface area (Å²) in [6.07, 6.45) is 11.2. The third-order valence-corrected chi connectivity index (χ3v) is 8.29. The zero-order chi connectivity index (χ0) is 28.5. The number of ether oxygens (including phenoxy) is 4. The van der Waals surface area contributed by atoms with Gasteiger partial charge in [-0.15, -0.1) is 0 Å². The largest absolute Gasteiger partial charge is 0.454 e. The molecule has 2 aromatic heterocycles. The van der Waals surface area contributed by atoms with Gasteiger partial charge in [-0.25, -0.2) is 0 Å². The predicted molar refractivity (Wildman–Crippen MR) is 150 cm³/mol. The number of aliphatic hydroxyl groups is 2. The van der Waals surface area contributed by atoms with Gasteiger partial charge in [-0.1, -0.05) is 24.3 Å². The highest BCUT2D eigenvalue weighted by molar-refractivity contribution is 6.09. The number of carbonyl (C=O) groups excluding carboxylic acids is 1. The van der Waals surface area contributed by atoms with Crippen LogP contribution in [0.2, 0.25) is 0 Å². The Hall–Kier alpha value is -4.99. The molecule has 2 aliphatic carbocycles. The second kappa shape index (κ2) is 9.01. The van der Waals surface area contributed by atoms with Crippen LogP contribution in [-0.2, 0) is 11.2 Å². The van der Waals surface area contributed by atoms with Gasteiger partial charge in [-0.05, 0) is 59.7 Å².